The number of ether oxygens (including phenoxy) is 1. The molecule has 1 atom stereocenters. The molecule has 0 radical (unpaired) electrons. The fourth-order valence-electron chi connectivity index (χ4n) is 5.41. The molecule has 2 heterocycles. The Morgan fingerprint density at radius 3 is 2.49 bits per heavy atom. The van der Waals surface area contributed by atoms with Crippen molar-refractivity contribution in [2.45, 2.75) is 39.2 Å². The van der Waals surface area contributed by atoms with Crippen LogP contribution in [0, 0.1) is 0 Å². The van der Waals surface area contributed by atoms with E-state index >= 15 is 0 Å². The van der Waals surface area contributed by atoms with Gasteiger partial charge in [-0.15, -0.1) is 0 Å². The first-order valence-electron chi connectivity index (χ1n) is 13.5. The van der Waals surface area contributed by atoms with E-state index in [4.69, 9.17) is 4.74 Å². The number of rotatable bonds is 9. The van der Waals surface area contributed by atoms with Crippen LogP contribution in [0.25, 0.3) is 10.9 Å². The molecule has 5 rings (SSSR count). The third-order valence-corrected chi connectivity index (χ3v) is 7.65. The highest BCUT2D eigenvalue weighted by Crippen LogP contribution is 2.36. The van der Waals surface area contributed by atoms with Crippen molar-refractivity contribution in [1.82, 2.24) is 14.8 Å². The van der Waals surface area contributed by atoms with Gasteiger partial charge in [-0.1, -0.05) is 74.5 Å². The summed E-state index contributed by atoms with van der Waals surface area (Å²) in [5.41, 5.74) is 5.88. The summed E-state index contributed by atoms with van der Waals surface area (Å²) in [7, 11) is 0. The molecule has 1 N–H and O–H groups in total. The van der Waals surface area contributed by atoms with Crippen molar-refractivity contribution in [1.29, 1.82) is 0 Å². The number of hydrogen-bond donors (Lipinski definition) is 1. The minimum Gasteiger partial charge on any atom is -0.489 e. The first-order valence-corrected chi connectivity index (χ1v) is 13.5. The van der Waals surface area contributed by atoms with Crippen molar-refractivity contribution >= 4 is 16.8 Å². The summed E-state index contributed by atoms with van der Waals surface area (Å²) in [5, 5.41) is 1.20. The molecule has 5 nitrogen and oxygen atoms in total. The van der Waals surface area contributed by atoms with E-state index in [1.165, 1.54) is 22.0 Å². The number of nitrogens with one attached hydrogen (secondary N) is 1. The van der Waals surface area contributed by atoms with Gasteiger partial charge in [0, 0.05) is 55.6 Å². The van der Waals surface area contributed by atoms with Crippen molar-refractivity contribution in [2.75, 3.05) is 32.7 Å². The highest BCUT2D eigenvalue weighted by molar-refractivity contribution is 5.88. The van der Waals surface area contributed by atoms with Crippen LogP contribution in [0.4, 0.5) is 0 Å². The average Bonchev–Trinajstić information content (AvgIpc) is 3.39. The maximum Gasteiger partial charge on any atom is 0.223 e. The van der Waals surface area contributed by atoms with E-state index < -0.39 is 0 Å². The monoisotopic (exact) mass is 495 g/mol. The number of likely N-dealkylation sites (N-methyl/N-ethyl adjacent to an activating group) is 1. The highest BCUT2D eigenvalue weighted by Gasteiger charge is 2.27. The van der Waals surface area contributed by atoms with Gasteiger partial charge >= 0.3 is 0 Å². The quantitative estimate of drug-likeness (QED) is 0.310. The molecular weight excluding hydrogens is 458 g/mol. The van der Waals surface area contributed by atoms with Crippen molar-refractivity contribution in [3.63, 3.8) is 0 Å². The zero-order valence-electron chi connectivity index (χ0n) is 22.0. The third-order valence-electron chi connectivity index (χ3n) is 7.65. The second-order valence-corrected chi connectivity index (χ2v) is 9.86. The molecule has 0 bridgehead atoms. The van der Waals surface area contributed by atoms with Crippen LogP contribution in [0.1, 0.15) is 48.4 Å². The van der Waals surface area contributed by atoms with Gasteiger partial charge in [-0.3, -0.25) is 4.79 Å². The first kappa shape index (κ1) is 25.1. The van der Waals surface area contributed by atoms with Gasteiger partial charge in [0.1, 0.15) is 12.4 Å². The van der Waals surface area contributed by atoms with Gasteiger partial charge in [-0.05, 0) is 47.4 Å². The Kier molecular flexibility index (Phi) is 7.90. The molecule has 1 saturated heterocycles. The number of nitrogens with zero attached hydrogens (tertiary/aromatic N) is 2. The predicted molar refractivity (Wildman–Crippen MR) is 150 cm³/mol. The zero-order chi connectivity index (χ0) is 25.6. The molecule has 192 valence electrons. The Bertz CT molecular complexity index is 1320. The lowest BCUT2D eigenvalue weighted by molar-refractivity contribution is -0.133. The largest absolute Gasteiger partial charge is 0.489 e. The Morgan fingerprint density at radius 2 is 1.73 bits per heavy atom. The average molecular weight is 496 g/mol. The minimum absolute atomic E-state index is 0.0576. The lowest BCUT2D eigenvalue weighted by atomic mass is 9.87. The van der Waals surface area contributed by atoms with Crippen molar-refractivity contribution < 1.29 is 9.53 Å². The molecule has 5 heteroatoms. The number of aryl methyl sites for hydroxylation is 1. The summed E-state index contributed by atoms with van der Waals surface area (Å²) in [6, 6.07) is 25.0. The smallest absolute Gasteiger partial charge is 0.223 e. The third kappa shape index (κ3) is 5.72. The van der Waals surface area contributed by atoms with E-state index in [1.807, 2.05) is 35.2 Å². The molecule has 0 spiro atoms. The topological polar surface area (TPSA) is 48.6 Å². The Hall–Kier alpha value is -3.57. The van der Waals surface area contributed by atoms with Gasteiger partial charge in [0.2, 0.25) is 5.91 Å². The van der Waals surface area contributed by atoms with Crippen LogP contribution in [0.3, 0.4) is 0 Å². The van der Waals surface area contributed by atoms with Gasteiger partial charge in [0.15, 0.2) is 0 Å². The van der Waals surface area contributed by atoms with E-state index in [0.29, 0.717) is 13.0 Å². The Morgan fingerprint density at radius 1 is 0.946 bits per heavy atom. The van der Waals surface area contributed by atoms with Crippen molar-refractivity contribution in [2.24, 2.45) is 0 Å². The number of aromatic nitrogens is 1. The predicted octanol–water partition coefficient (Wildman–Crippen LogP) is 6.00. The van der Waals surface area contributed by atoms with Crippen molar-refractivity contribution in [3.8, 4) is 5.75 Å². The molecular formula is C32H37N3O2. The SMILES string of the molecule is CCc1cccc2c(C(CC(=O)N3CCN(CC)CC3)c3cccc(OCc4ccccc4)c3)c[nH]c12. The van der Waals surface area contributed by atoms with Gasteiger partial charge < -0.3 is 19.5 Å². The minimum atomic E-state index is -0.0576. The van der Waals surface area contributed by atoms with E-state index in [0.717, 1.165) is 56.0 Å². The summed E-state index contributed by atoms with van der Waals surface area (Å²) in [6.07, 6.45) is 3.51. The molecule has 37 heavy (non-hydrogen) atoms. The summed E-state index contributed by atoms with van der Waals surface area (Å²) >= 11 is 0. The van der Waals surface area contributed by atoms with Crippen molar-refractivity contribution in [3.05, 3.63) is 101 Å². The number of aromatic amines is 1. The first-order chi connectivity index (χ1) is 18.2. The molecule has 1 aliphatic heterocycles. The summed E-state index contributed by atoms with van der Waals surface area (Å²) in [6.45, 7) is 9.41. The van der Waals surface area contributed by atoms with Crippen LogP contribution >= 0.6 is 0 Å². The van der Waals surface area contributed by atoms with Crippen LogP contribution < -0.4 is 4.74 Å². The highest BCUT2D eigenvalue weighted by atomic mass is 16.5. The molecule has 1 aliphatic rings. The van der Waals surface area contributed by atoms with E-state index in [1.54, 1.807) is 0 Å². The van der Waals surface area contributed by atoms with Gasteiger partial charge in [0.25, 0.3) is 0 Å². The summed E-state index contributed by atoms with van der Waals surface area (Å²) in [4.78, 5) is 21.6. The Labute approximate surface area is 220 Å². The second-order valence-electron chi connectivity index (χ2n) is 9.86. The number of para-hydroxylation sites is 1. The van der Waals surface area contributed by atoms with Crippen LogP contribution in [0.5, 0.6) is 5.75 Å². The molecule has 1 unspecified atom stereocenters. The number of hydrogen-bond acceptors (Lipinski definition) is 3. The van der Waals surface area contributed by atoms with Crippen LogP contribution in [-0.2, 0) is 17.8 Å². The summed E-state index contributed by atoms with van der Waals surface area (Å²) in [5.74, 6) is 0.986. The molecule has 0 aliphatic carbocycles. The number of amides is 1. The van der Waals surface area contributed by atoms with Crippen LogP contribution in [-0.4, -0.2) is 53.4 Å². The standard InChI is InChI=1S/C32H37N3O2/c1-3-25-12-9-15-28-30(22-33-32(25)28)29(21-31(36)35-18-16-34(4-2)17-19-35)26-13-8-14-27(20-26)37-23-24-10-6-5-7-11-24/h5-15,20,22,29,33H,3-4,16-19,21,23H2,1-2H3. The number of piperazine rings is 1. The zero-order valence-corrected chi connectivity index (χ0v) is 22.0. The maximum absolute atomic E-state index is 13.6. The number of carbonyl (C=O) groups is 1. The van der Waals surface area contributed by atoms with Crippen LogP contribution in [0.2, 0.25) is 0 Å². The normalized spacial score (nSPS) is 15.1. The van der Waals surface area contributed by atoms with Gasteiger partial charge in [-0.2, -0.15) is 0 Å². The summed E-state index contributed by atoms with van der Waals surface area (Å²) < 4.78 is 6.16. The fraction of sp³-hybridized carbons (Fsp3) is 0.344. The van der Waals surface area contributed by atoms with E-state index in [-0.39, 0.29) is 11.8 Å². The molecule has 1 amide bonds. The maximum atomic E-state index is 13.6. The van der Waals surface area contributed by atoms with E-state index in [9.17, 15) is 4.79 Å². The molecule has 0 saturated carbocycles. The molecule has 4 aromatic rings. The lowest BCUT2D eigenvalue weighted by Gasteiger charge is -2.35. The number of H-pyrrole nitrogens is 1. The number of carbonyl (C=O) groups excluding carboxylic acids is 1. The van der Waals surface area contributed by atoms with Crippen LogP contribution in [0.15, 0.2) is 79.0 Å². The fourth-order valence-corrected chi connectivity index (χ4v) is 5.41. The Balaban J connectivity index is 1.44. The van der Waals surface area contributed by atoms with E-state index in [2.05, 4.69) is 72.4 Å². The molecule has 1 fully saturated rings. The lowest BCUT2D eigenvalue weighted by Crippen LogP contribution is -2.48. The van der Waals surface area contributed by atoms with Gasteiger partial charge in [0.05, 0.1) is 0 Å². The van der Waals surface area contributed by atoms with Gasteiger partial charge in [-0.25, -0.2) is 0 Å². The molecule has 1 aromatic heterocycles. The number of fused-ring (bicyclic) bond motifs is 1. The number of benzene rings is 3. The second kappa shape index (κ2) is 11.7. The molecule has 3 aromatic carbocycles.